The lowest BCUT2D eigenvalue weighted by Crippen LogP contribution is -2.34. The molecule has 0 bridgehead atoms. The molecule has 164 valence electrons. The van der Waals surface area contributed by atoms with Gasteiger partial charge in [-0.05, 0) is 49.6 Å². The molecule has 2 aromatic rings. The lowest BCUT2D eigenvalue weighted by atomic mass is 10.0. The summed E-state index contributed by atoms with van der Waals surface area (Å²) in [5.41, 5.74) is 3.67. The monoisotopic (exact) mass is 452 g/mol. The fourth-order valence-electron chi connectivity index (χ4n) is 3.38. The summed E-state index contributed by atoms with van der Waals surface area (Å²) in [7, 11) is -3.26. The molecule has 1 aliphatic heterocycles. The van der Waals surface area contributed by atoms with Crippen LogP contribution in [0.15, 0.2) is 24.4 Å². The number of aromatic nitrogens is 2. The van der Waals surface area contributed by atoms with Crippen LogP contribution in [0.3, 0.4) is 0 Å². The van der Waals surface area contributed by atoms with E-state index in [0.717, 1.165) is 44.4 Å². The van der Waals surface area contributed by atoms with Crippen molar-refractivity contribution in [2.45, 2.75) is 32.7 Å². The van der Waals surface area contributed by atoms with Gasteiger partial charge in [0.1, 0.15) is 5.02 Å². The Morgan fingerprint density at radius 1 is 1.23 bits per heavy atom. The van der Waals surface area contributed by atoms with Crippen LogP contribution >= 0.6 is 11.6 Å². The summed E-state index contributed by atoms with van der Waals surface area (Å²) in [4.78, 5) is 11.2. The van der Waals surface area contributed by atoms with Crippen LogP contribution in [-0.2, 0) is 22.9 Å². The van der Waals surface area contributed by atoms with E-state index in [9.17, 15) is 8.42 Å². The second kappa shape index (κ2) is 9.91. The summed E-state index contributed by atoms with van der Waals surface area (Å²) >= 11 is 6.22. The van der Waals surface area contributed by atoms with E-state index < -0.39 is 10.0 Å². The standard InChI is InChI=1S/C20H29ClN6O2S/c1-4-27-9-7-15-5-6-17(11-16(15)8-10-27)25-20-22-13-18(21)19(26-20)24-14(2)12-23-30(3,28)29/h5-6,11,13-14,23H,4,7-10,12H2,1-3H3,(H2,22,24,25,26). The van der Waals surface area contributed by atoms with E-state index >= 15 is 0 Å². The molecule has 1 unspecified atom stereocenters. The Kier molecular flexibility index (Phi) is 7.51. The maximum Gasteiger partial charge on any atom is 0.229 e. The molecule has 3 rings (SSSR count). The third kappa shape index (κ3) is 6.53. The number of hydrogen-bond donors (Lipinski definition) is 3. The molecule has 0 aliphatic carbocycles. The van der Waals surface area contributed by atoms with Gasteiger partial charge in [0.25, 0.3) is 0 Å². The van der Waals surface area contributed by atoms with Crippen LogP contribution in [0.25, 0.3) is 0 Å². The fourth-order valence-corrected chi connectivity index (χ4v) is 4.08. The van der Waals surface area contributed by atoms with Crippen molar-refractivity contribution >= 4 is 39.1 Å². The number of sulfonamides is 1. The predicted octanol–water partition coefficient (Wildman–Crippen LogP) is 2.64. The van der Waals surface area contributed by atoms with E-state index in [-0.39, 0.29) is 12.6 Å². The maximum absolute atomic E-state index is 11.3. The summed E-state index contributed by atoms with van der Waals surface area (Å²) < 4.78 is 25.0. The van der Waals surface area contributed by atoms with Gasteiger partial charge >= 0.3 is 0 Å². The minimum Gasteiger partial charge on any atom is -0.365 e. The van der Waals surface area contributed by atoms with Crippen molar-refractivity contribution in [1.82, 2.24) is 19.6 Å². The van der Waals surface area contributed by atoms with Gasteiger partial charge in [-0.3, -0.25) is 0 Å². The Hall–Kier alpha value is -1.94. The largest absolute Gasteiger partial charge is 0.365 e. The molecule has 8 nitrogen and oxygen atoms in total. The molecule has 1 atom stereocenters. The Balaban J connectivity index is 1.69. The highest BCUT2D eigenvalue weighted by Crippen LogP contribution is 2.25. The number of rotatable bonds is 8. The van der Waals surface area contributed by atoms with Crippen LogP contribution < -0.4 is 15.4 Å². The number of likely N-dealkylation sites (N-methyl/N-ethyl adjacent to an activating group) is 1. The molecule has 0 amide bonds. The van der Waals surface area contributed by atoms with Gasteiger partial charge in [-0.1, -0.05) is 24.6 Å². The van der Waals surface area contributed by atoms with Gasteiger partial charge in [-0.2, -0.15) is 4.98 Å². The van der Waals surface area contributed by atoms with Crippen LogP contribution in [0.2, 0.25) is 5.02 Å². The summed E-state index contributed by atoms with van der Waals surface area (Å²) in [6.45, 7) is 7.50. The molecule has 0 saturated heterocycles. The summed E-state index contributed by atoms with van der Waals surface area (Å²) in [6.07, 6.45) is 4.74. The van der Waals surface area contributed by atoms with Gasteiger partial charge in [0.15, 0.2) is 5.82 Å². The highest BCUT2D eigenvalue weighted by atomic mass is 35.5. The number of benzene rings is 1. The number of anilines is 3. The predicted molar refractivity (Wildman–Crippen MR) is 122 cm³/mol. The molecule has 1 aliphatic rings. The van der Waals surface area contributed by atoms with Crippen molar-refractivity contribution in [3.8, 4) is 0 Å². The third-order valence-corrected chi connectivity index (χ3v) is 6.05. The van der Waals surface area contributed by atoms with Gasteiger partial charge in [0.2, 0.25) is 16.0 Å². The highest BCUT2D eigenvalue weighted by Gasteiger charge is 2.14. The molecule has 1 aromatic carbocycles. The molecular weight excluding hydrogens is 424 g/mol. The molecule has 0 fully saturated rings. The first-order chi connectivity index (χ1) is 14.2. The molecule has 10 heteroatoms. The maximum atomic E-state index is 11.3. The average Bonchev–Trinajstić information content (AvgIpc) is 2.90. The van der Waals surface area contributed by atoms with Crippen LogP contribution in [0, 0.1) is 0 Å². The van der Waals surface area contributed by atoms with E-state index in [2.05, 4.69) is 49.3 Å². The molecular formula is C20H29ClN6O2S. The number of hydrogen-bond acceptors (Lipinski definition) is 7. The van der Waals surface area contributed by atoms with Crippen molar-refractivity contribution in [2.75, 3.05) is 43.1 Å². The number of nitrogens with zero attached hydrogens (tertiary/aromatic N) is 3. The quantitative estimate of drug-likeness (QED) is 0.566. The van der Waals surface area contributed by atoms with Gasteiger partial charge < -0.3 is 15.5 Å². The van der Waals surface area contributed by atoms with Crippen molar-refractivity contribution < 1.29 is 8.42 Å². The average molecular weight is 453 g/mol. The Labute approximate surface area is 183 Å². The molecule has 0 spiro atoms. The first-order valence-electron chi connectivity index (χ1n) is 10.1. The van der Waals surface area contributed by atoms with Crippen molar-refractivity contribution in [3.05, 3.63) is 40.5 Å². The Morgan fingerprint density at radius 3 is 2.67 bits per heavy atom. The SMILES string of the molecule is CCN1CCc2ccc(Nc3ncc(Cl)c(NC(C)CNS(C)(=O)=O)n3)cc2CC1. The third-order valence-electron chi connectivity index (χ3n) is 5.08. The first-order valence-corrected chi connectivity index (χ1v) is 12.4. The summed E-state index contributed by atoms with van der Waals surface area (Å²) in [5.74, 6) is 0.874. The van der Waals surface area contributed by atoms with Crippen LogP contribution in [0.5, 0.6) is 0 Å². The smallest absolute Gasteiger partial charge is 0.229 e. The molecule has 2 heterocycles. The zero-order chi connectivity index (χ0) is 21.7. The highest BCUT2D eigenvalue weighted by molar-refractivity contribution is 7.88. The number of halogens is 1. The number of fused-ring (bicyclic) bond motifs is 1. The van der Waals surface area contributed by atoms with E-state index in [0.29, 0.717) is 16.8 Å². The van der Waals surface area contributed by atoms with Crippen molar-refractivity contribution in [1.29, 1.82) is 0 Å². The molecule has 0 radical (unpaired) electrons. The van der Waals surface area contributed by atoms with Crippen molar-refractivity contribution in [3.63, 3.8) is 0 Å². The molecule has 30 heavy (non-hydrogen) atoms. The lowest BCUT2D eigenvalue weighted by Gasteiger charge is -2.16. The second-order valence-electron chi connectivity index (χ2n) is 7.60. The van der Waals surface area contributed by atoms with Gasteiger partial charge in [0, 0.05) is 31.4 Å². The van der Waals surface area contributed by atoms with E-state index in [1.54, 1.807) is 0 Å². The minimum absolute atomic E-state index is 0.200. The first kappa shape index (κ1) is 22.7. The summed E-state index contributed by atoms with van der Waals surface area (Å²) in [6, 6.07) is 6.18. The molecule has 1 aromatic heterocycles. The van der Waals surface area contributed by atoms with Gasteiger partial charge in [0.05, 0.1) is 12.5 Å². The molecule has 3 N–H and O–H groups in total. The topological polar surface area (TPSA) is 99.2 Å². The van der Waals surface area contributed by atoms with E-state index in [4.69, 9.17) is 11.6 Å². The Bertz CT molecular complexity index is 985. The van der Waals surface area contributed by atoms with E-state index in [1.165, 1.54) is 17.3 Å². The van der Waals surface area contributed by atoms with E-state index in [1.807, 2.05) is 13.0 Å². The fraction of sp³-hybridized carbons (Fsp3) is 0.500. The van der Waals surface area contributed by atoms with Crippen molar-refractivity contribution in [2.24, 2.45) is 0 Å². The van der Waals surface area contributed by atoms with Crippen LogP contribution in [-0.4, -0.2) is 61.8 Å². The zero-order valence-electron chi connectivity index (χ0n) is 17.6. The Morgan fingerprint density at radius 2 is 1.97 bits per heavy atom. The van der Waals surface area contributed by atoms with Gasteiger partial charge in [-0.25, -0.2) is 18.1 Å². The normalized spacial score (nSPS) is 15.9. The van der Waals surface area contributed by atoms with Gasteiger partial charge in [-0.15, -0.1) is 0 Å². The lowest BCUT2D eigenvalue weighted by molar-refractivity contribution is 0.303. The molecule has 0 saturated carbocycles. The number of nitrogens with one attached hydrogen (secondary N) is 3. The van der Waals surface area contributed by atoms with Crippen LogP contribution in [0.1, 0.15) is 25.0 Å². The van der Waals surface area contributed by atoms with Crippen LogP contribution in [0.4, 0.5) is 17.5 Å². The minimum atomic E-state index is -3.26. The zero-order valence-corrected chi connectivity index (χ0v) is 19.1. The second-order valence-corrected chi connectivity index (χ2v) is 9.84. The summed E-state index contributed by atoms with van der Waals surface area (Å²) in [5, 5.41) is 6.74.